The molecule has 0 atom stereocenters. The van der Waals surface area contributed by atoms with E-state index in [0.29, 0.717) is 16.8 Å². The smallest absolute Gasteiger partial charge is 0.239 e. The molecular formula is C26H28FN5O2. The number of likely N-dealkylation sites (N-methyl/N-ethyl adjacent to an activating group) is 1. The molecule has 7 nitrogen and oxygen atoms in total. The second-order valence-electron chi connectivity index (χ2n) is 8.38. The summed E-state index contributed by atoms with van der Waals surface area (Å²) in [5.41, 5.74) is 5.03. The molecule has 0 aliphatic heterocycles. The van der Waals surface area contributed by atoms with Gasteiger partial charge >= 0.3 is 0 Å². The minimum Gasteiger partial charge on any atom is -0.325 e. The number of benzene rings is 2. The third kappa shape index (κ3) is 5.33. The molecule has 1 heterocycles. The Labute approximate surface area is 198 Å². The number of hydrogen-bond donors (Lipinski definition) is 2. The van der Waals surface area contributed by atoms with Crippen molar-refractivity contribution in [2.24, 2.45) is 0 Å². The van der Waals surface area contributed by atoms with Gasteiger partial charge in [0.25, 0.3) is 0 Å². The van der Waals surface area contributed by atoms with E-state index in [4.69, 9.17) is 0 Å². The molecule has 0 aliphatic carbocycles. The summed E-state index contributed by atoms with van der Waals surface area (Å²) >= 11 is 0. The van der Waals surface area contributed by atoms with Crippen molar-refractivity contribution in [3.63, 3.8) is 0 Å². The number of nitrogens with zero attached hydrogens (tertiary/aromatic N) is 3. The number of halogens is 1. The van der Waals surface area contributed by atoms with Crippen molar-refractivity contribution in [1.29, 1.82) is 5.26 Å². The largest absolute Gasteiger partial charge is 0.325 e. The van der Waals surface area contributed by atoms with Gasteiger partial charge in [-0.15, -0.1) is 0 Å². The number of carbonyl (C=O) groups is 2. The van der Waals surface area contributed by atoms with E-state index in [-0.39, 0.29) is 24.8 Å². The zero-order chi connectivity index (χ0) is 25.0. The summed E-state index contributed by atoms with van der Waals surface area (Å²) in [6.07, 6.45) is 0. The Balaban J connectivity index is 1.73. The minimum absolute atomic E-state index is 0.00880. The molecule has 0 radical (unpaired) electrons. The van der Waals surface area contributed by atoms with Crippen LogP contribution in [0.15, 0.2) is 42.5 Å². The number of hydrogen-bond acceptors (Lipinski definition) is 4. The molecule has 8 heteroatoms. The van der Waals surface area contributed by atoms with Gasteiger partial charge in [0.2, 0.25) is 11.8 Å². The number of rotatable bonds is 7. The van der Waals surface area contributed by atoms with Gasteiger partial charge < -0.3 is 10.6 Å². The first-order valence-corrected chi connectivity index (χ1v) is 10.8. The van der Waals surface area contributed by atoms with Gasteiger partial charge in [-0.05, 0) is 75.7 Å². The predicted octanol–water partition coefficient (Wildman–Crippen LogP) is 4.23. The fraction of sp³-hybridized carbons (Fsp3) is 0.269. The highest BCUT2D eigenvalue weighted by Crippen LogP contribution is 2.30. The summed E-state index contributed by atoms with van der Waals surface area (Å²) in [5.74, 6) is -0.778. The summed E-state index contributed by atoms with van der Waals surface area (Å²) in [5, 5.41) is 15.3. The van der Waals surface area contributed by atoms with Gasteiger partial charge in [-0.3, -0.25) is 19.1 Å². The van der Waals surface area contributed by atoms with Gasteiger partial charge in [0, 0.05) is 11.4 Å². The van der Waals surface area contributed by atoms with Crippen LogP contribution in [0.4, 0.5) is 15.9 Å². The molecule has 0 unspecified atom stereocenters. The lowest BCUT2D eigenvalue weighted by atomic mass is 10.1. The van der Waals surface area contributed by atoms with Gasteiger partial charge in [0.1, 0.15) is 17.7 Å². The maximum Gasteiger partial charge on any atom is 0.239 e. The Kier molecular flexibility index (Phi) is 7.49. The van der Waals surface area contributed by atoms with Crippen LogP contribution in [0.5, 0.6) is 0 Å². The van der Waals surface area contributed by atoms with Crippen LogP contribution in [0, 0.1) is 44.8 Å². The molecule has 0 aliphatic rings. The first kappa shape index (κ1) is 24.7. The average Bonchev–Trinajstić information content (AvgIpc) is 3.00. The number of nitriles is 1. The third-order valence-electron chi connectivity index (χ3n) is 5.86. The van der Waals surface area contributed by atoms with E-state index < -0.39 is 11.7 Å². The normalized spacial score (nSPS) is 10.8. The molecule has 1 aromatic heterocycles. The highest BCUT2D eigenvalue weighted by molar-refractivity contribution is 5.95. The van der Waals surface area contributed by atoms with Crippen molar-refractivity contribution in [2.75, 3.05) is 30.8 Å². The minimum atomic E-state index is -0.423. The van der Waals surface area contributed by atoms with Crippen LogP contribution in [0.3, 0.4) is 0 Å². The summed E-state index contributed by atoms with van der Waals surface area (Å²) in [6.45, 7) is 7.43. The fourth-order valence-corrected chi connectivity index (χ4v) is 3.79. The SMILES string of the molecule is Cc1cccc(NC(=O)CN(C)CC(=O)Nc2c(C#N)c(C)c(C)n2-c2cccc(F)c2)c1C. The number of aryl methyl sites for hydroxylation is 1. The summed E-state index contributed by atoms with van der Waals surface area (Å²) in [6, 6.07) is 13.8. The Hall–Kier alpha value is -3.96. The van der Waals surface area contributed by atoms with E-state index in [2.05, 4.69) is 16.7 Å². The summed E-state index contributed by atoms with van der Waals surface area (Å²) in [4.78, 5) is 26.9. The molecule has 176 valence electrons. The van der Waals surface area contributed by atoms with E-state index in [1.54, 1.807) is 42.5 Å². The van der Waals surface area contributed by atoms with Gasteiger partial charge in [-0.1, -0.05) is 18.2 Å². The predicted molar refractivity (Wildman–Crippen MR) is 131 cm³/mol. The van der Waals surface area contributed by atoms with E-state index in [0.717, 1.165) is 22.5 Å². The molecule has 0 saturated carbocycles. The number of anilines is 2. The van der Waals surface area contributed by atoms with Crippen LogP contribution >= 0.6 is 0 Å². The lowest BCUT2D eigenvalue weighted by molar-refractivity contribution is -0.119. The Morgan fingerprint density at radius 3 is 2.29 bits per heavy atom. The van der Waals surface area contributed by atoms with Crippen LogP contribution in [-0.2, 0) is 9.59 Å². The van der Waals surface area contributed by atoms with Crippen molar-refractivity contribution in [2.45, 2.75) is 27.7 Å². The van der Waals surface area contributed by atoms with Crippen LogP contribution in [0.2, 0.25) is 0 Å². The van der Waals surface area contributed by atoms with E-state index >= 15 is 0 Å². The monoisotopic (exact) mass is 461 g/mol. The molecule has 2 aromatic carbocycles. The molecule has 2 N–H and O–H groups in total. The van der Waals surface area contributed by atoms with Crippen molar-refractivity contribution < 1.29 is 14.0 Å². The molecule has 3 rings (SSSR count). The van der Waals surface area contributed by atoms with Crippen molar-refractivity contribution in [3.05, 3.63) is 76.2 Å². The molecule has 0 bridgehead atoms. The zero-order valence-electron chi connectivity index (χ0n) is 20.0. The highest BCUT2D eigenvalue weighted by Gasteiger charge is 2.22. The van der Waals surface area contributed by atoms with E-state index in [1.807, 2.05) is 32.0 Å². The second kappa shape index (κ2) is 10.3. The maximum absolute atomic E-state index is 13.9. The first-order valence-electron chi connectivity index (χ1n) is 10.8. The van der Waals surface area contributed by atoms with Crippen molar-refractivity contribution in [3.8, 4) is 11.8 Å². The number of carbonyl (C=O) groups excluding carboxylic acids is 2. The number of nitrogens with one attached hydrogen (secondary N) is 2. The fourth-order valence-electron chi connectivity index (χ4n) is 3.79. The topological polar surface area (TPSA) is 90.2 Å². The lowest BCUT2D eigenvalue weighted by Crippen LogP contribution is -2.36. The Bertz CT molecular complexity index is 1290. The standard InChI is InChI=1S/C26H28FN5O2/c1-16-8-6-11-23(17(16)2)29-24(33)14-31(5)15-25(34)30-26-22(13-28)18(3)19(4)32(26)21-10-7-9-20(27)12-21/h6-12H,14-15H2,1-5H3,(H,29,33)(H,30,34). The van der Waals surface area contributed by atoms with Gasteiger partial charge in [0.15, 0.2) is 0 Å². The van der Waals surface area contributed by atoms with E-state index in [1.165, 1.54) is 12.1 Å². The van der Waals surface area contributed by atoms with Crippen molar-refractivity contribution >= 4 is 23.3 Å². The summed E-state index contributed by atoms with van der Waals surface area (Å²) in [7, 11) is 1.66. The van der Waals surface area contributed by atoms with Crippen LogP contribution < -0.4 is 10.6 Å². The van der Waals surface area contributed by atoms with E-state index in [9.17, 15) is 19.2 Å². The van der Waals surface area contributed by atoms with Crippen molar-refractivity contribution in [1.82, 2.24) is 9.47 Å². The average molecular weight is 462 g/mol. The first-order chi connectivity index (χ1) is 16.1. The maximum atomic E-state index is 13.9. The third-order valence-corrected chi connectivity index (χ3v) is 5.86. The Morgan fingerprint density at radius 1 is 1.00 bits per heavy atom. The molecule has 0 saturated heterocycles. The zero-order valence-corrected chi connectivity index (χ0v) is 20.0. The number of amides is 2. The molecular weight excluding hydrogens is 433 g/mol. The second-order valence-corrected chi connectivity index (χ2v) is 8.38. The Morgan fingerprint density at radius 2 is 1.65 bits per heavy atom. The van der Waals surface area contributed by atoms with Crippen LogP contribution in [0.25, 0.3) is 5.69 Å². The van der Waals surface area contributed by atoms with Crippen LogP contribution in [-0.4, -0.2) is 41.4 Å². The van der Waals surface area contributed by atoms with Gasteiger partial charge in [-0.25, -0.2) is 4.39 Å². The quantitative estimate of drug-likeness (QED) is 0.551. The molecule has 34 heavy (non-hydrogen) atoms. The number of aromatic nitrogens is 1. The van der Waals surface area contributed by atoms with Gasteiger partial charge in [0.05, 0.1) is 24.3 Å². The molecule has 2 amide bonds. The highest BCUT2D eigenvalue weighted by atomic mass is 19.1. The molecule has 0 spiro atoms. The molecule has 0 fully saturated rings. The van der Waals surface area contributed by atoms with Gasteiger partial charge in [-0.2, -0.15) is 5.26 Å². The lowest BCUT2D eigenvalue weighted by Gasteiger charge is -2.18. The van der Waals surface area contributed by atoms with Crippen LogP contribution in [0.1, 0.15) is 27.9 Å². The summed E-state index contributed by atoms with van der Waals surface area (Å²) < 4.78 is 15.5. The molecule has 3 aromatic rings.